The standard InChI is InChI=1S/C14H10ClF3N3O5/c1-3-25-13(22)8-6-7(4-5-9(8)21(23)24)26-12-10(15)11(14(16,17)18)20(2)19-12/h4-6H,1,3H2,2H3. The second-order valence-corrected chi connectivity index (χ2v) is 5.14. The van der Waals surface area contributed by atoms with E-state index in [0.29, 0.717) is 4.68 Å². The number of hydrogen-bond donors (Lipinski definition) is 0. The van der Waals surface area contributed by atoms with Crippen molar-refractivity contribution in [2.24, 2.45) is 7.05 Å². The molecule has 1 heterocycles. The maximum absolute atomic E-state index is 12.9. The van der Waals surface area contributed by atoms with E-state index in [4.69, 9.17) is 16.3 Å². The Labute approximate surface area is 149 Å². The second-order valence-electron chi connectivity index (χ2n) is 4.76. The summed E-state index contributed by atoms with van der Waals surface area (Å²) in [6.45, 7) is 3.01. The first-order chi connectivity index (χ1) is 12.1. The zero-order valence-corrected chi connectivity index (χ0v) is 13.8. The van der Waals surface area contributed by atoms with Gasteiger partial charge in [0.1, 0.15) is 16.3 Å². The number of rotatable bonds is 5. The summed E-state index contributed by atoms with van der Waals surface area (Å²) in [6, 6.07) is 2.96. The van der Waals surface area contributed by atoms with Gasteiger partial charge in [-0.25, -0.2) is 4.79 Å². The van der Waals surface area contributed by atoms with Crippen molar-refractivity contribution in [3.8, 4) is 11.6 Å². The third-order valence-electron chi connectivity index (χ3n) is 3.06. The summed E-state index contributed by atoms with van der Waals surface area (Å²) in [5.74, 6) is -1.81. The van der Waals surface area contributed by atoms with Gasteiger partial charge in [-0.2, -0.15) is 13.2 Å². The second kappa shape index (κ2) is 7.20. The van der Waals surface area contributed by atoms with E-state index in [-0.39, 0.29) is 12.4 Å². The maximum atomic E-state index is 12.9. The number of aromatic nitrogens is 2. The van der Waals surface area contributed by atoms with Crippen molar-refractivity contribution in [3.63, 3.8) is 0 Å². The van der Waals surface area contributed by atoms with Gasteiger partial charge in [-0.15, -0.1) is 5.10 Å². The van der Waals surface area contributed by atoms with Gasteiger partial charge < -0.3 is 9.47 Å². The molecule has 0 N–H and O–H groups in total. The van der Waals surface area contributed by atoms with E-state index >= 15 is 0 Å². The monoisotopic (exact) mass is 392 g/mol. The first-order valence-corrected chi connectivity index (χ1v) is 7.16. The number of carbonyl (C=O) groups is 1. The van der Waals surface area contributed by atoms with Crippen molar-refractivity contribution in [2.45, 2.75) is 6.18 Å². The lowest BCUT2D eigenvalue weighted by Gasteiger charge is -2.07. The van der Waals surface area contributed by atoms with E-state index in [1.165, 1.54) is 0 Å². The summed E-state index contributed by atoms with van der Waals surface area (Å²) in [6.07, 6.45) is -4.76. The molecule has 1 radical (unpaired) electrons. The zero-order chi connectivity index (χ0) is 19.6. The molecule has 0 aliphatic heterocycles. The number of carbonyl (C=O) groups excluding carboxylic acids is 1. The van der Waals surface area contributed by atoms with Crippen LogP contribution in [0, 0.1) is 17.0 Å². The van der Waals surface area contributed by atoms with Crippen LogP contribution < -0.4 is 4.74 Å². The van der Waals surface area contributed by atoms with Crippen molar-refractivity contribution in [1.29, 1.82) is 0 Å². The fourth-order valence-corrected chi connectivity index (χ4v) is 2.34. The Morgan fingerprint density at radius 2 is 2.12 bits per heavy atom. The van der Waals surface area contributed by atoms with Gasteiger partial charge in [0.25, 0.3) is 11.6 Å². The third-order valence-corrected chi connectivity index (χ3v) is 3.40. The number of nitro groups is 1. The Morgan fingerprint density at radius 3 is 2.62 bits per heavy atom. The van der Waals surface area contributed by atoms with E-state index < -0.39 is 44.9 Å². The van der Waals surface area contributed by atoms with E-state index in [9.17, 15) is 28.1 Å². The van der Waals surface area contributed by atoms with Gasteiger partial charge >= 0.3 is 12.1 Å². The molecular weight excluding hydrogens is 383 g/mol. The number of aryl methyl sites for hydroxylation is 1. The van der Waals surface area contributed by atoms with Crippen LogP contribution in [0.4, 0.5) is 18.9 Å². The van der Waals surface area contributed by atoms with E-state index in [1.807, 2.05) is 0 Å². The molecule has 139 valence electrons. The SMILES string of the molecule is [CH2]COC(=O)c1cc(Oc2nn(C)c(C(F)(F)F)c2Cl)ccc1[N+](=O)[O-]. The fourth-order valence-electron chi connectivity index (χ4n) is 2.03. The van der Waals surface area contributed by atoms with Crippen molar-refractivity contribution in [3.05, 3.63) is 51.5 Å². The number of halogens is 4. The molecule has 8 nitrogen and oxygen atoms in total. The van der Waals surface area contributed by atoms with Gasteiger partial charge in [-0.3, -0.25) is 14.8 Å². The maximum Gasteiger partial charge on any atom is 0.434 e. The summed E-state index contributed by atoms with van der Waals surface area (Å²) in [5.41, 5.74) is -2.26. The molecule has 0 aliphatic carbocycles. The van der Waals surface area contributed by atoms with Crippen molar-refractivity contribution < 1.29 is 32.4 Å². The normalized spacial score (nSPS) is 11.3. The Bertz CT molecular complexity index is 866. The molecule has 0 saturated heterocycles. The van der Waals surface area contributed by atoms with Gasteiger partial charge in [-0.05, 0) is 13.0 Å². The molecule has 0 atom stereocenters. The first-order valence-electron chi connectivity index (χ1n) is 6.78. The Morgan fingerprint density at radius 1 is 1.46 bits per heavy atom. The van der Waals surface area contributed by atoms with Crippen LogP contribution in [0.2, 0.25) is 5.02 Å². The van der Waals surface area contributed by atoms with Gasteiger partial charge in [0.2, 0.25) is 0 Å². The van der Waals surface area contributed by atoms with E-state index in [2.05, 4.69) is 16.8 Å². The van der Waals surface area contributed by atoms with Crippen LogP contribution in [-0.4, -0.2) is 27.3 Å². The number of esters is 1. The molecule has 1 aromatic heterocycles. The smallest absolute Gasteiger partial charge is 0.434 e. The van der Waals surface area contributed by atoms with Crippen LogP contribution in [0.1, 0.15) is 16.1 Å². The molecule has 0 spiro atoms. The molecule has 0 bridgehead atoms. The minimum Gasteiger partial charge on any atom is -0.462 e. The highest BCUT2D eigenvalue weighted by atomic mass is 35.5. The number of nitrogens with zero attached hydrogens (tertiary/aromatic N) is 3. The van der Waals surface area contributed by atoms with Crippen LogP contribution in [0.3, 0.4) is 0 Å². The highest BCUT2D eigenvalue weighted by Crippen LogP contribution is 2.40. The summed E-state index contributed by atoms with van der Waals surface area (Å²) in [5, 5.41) is 13.7. The van der Waals surface area contributed by atoms with E-state index in [0.717, 1.165) is 25.2 Å². The van der Waals surface area contributed by atoms with Crippen molar-refractivity contribution in [2.75, 3.05) is 6.61 Å². The predicted octanol–water partition coefficient (Wildman–Crippen LogP) is 3.78. The first kappa shape index (κ1) is 19.5. The molecule has 0 amide bonds. The molecule has 1 aromatic carbocycles. The summed E-state index contributed by atoms with van der Waals surface area (Å²) in [7, 11) is 1.02. The van der Waals surface area contributed by atoms with Crippen LogP contribution in [0.15, 0.2) is 18.2 Å². The van der Waals surface area contributed by atoms with Crippen LogP contribution >= 0.6 is 11.6 Å². The van der Waals surface area contributed by atoms with Gasteiger partial charge in [0.05, 0.1) is 11.5 Å². The summed E-state index contributed by atoms with van der Waals surface area (Å²) in [4.78, 5) is 22.0. The highest BCUT2D eigenvalue weighted by Gasteiger charge is 2.39. The average molecular weight is 393 g/mol. The molecular formula is C14H10ClF3N3O5. The average Bonchev–Trinajstić information content (AvgIpc) is 2.81. The Hall–Kier alpha value is -2.82. The molecule has 0 unspecified atom stereocenters. The number of benzene rings is 1. The van der Waals surface area contributed by atoms with Crippen LogP contribution in [0.5, 0.6) is 11.6 Å². The molecule has 0 fully saturated rings. The molecule has 0 aliphatic rings. The summed E-state index contributed by atoms with van der Waals surface area (Å²) < 4.78 is 49.0. The number of nitro benzene ring substituents is 1. The topological polar surface area (TPSA) is 96.5 Å². The Balaban J connectivity index is 2.44. The largest absolute Gasteiger partial charge is 0.462 e. The minimum atomic E-state index is -4.76. The number of ether oxygens (including phenoxy) is 2. The number of alkyl halides is 3. The zero-order valence-electron chi connectivity index (χ0n) is 13.0. The van der Waals surface area contributed by atoms with Gasteiger partial charge in [0.15, 0.2) is 5.69 Å². The third kappa shape index (κ3) is 3.87. The predicted molar refractivity (Wildman–Crippen MR) is 82.0 cm³/mol. The lowest BCUT2D eigenvalue weighted by atomic mass is 10.1. The van der Waals surface area contributed by atoms with Gasteiger partial charge in [-0.1, -0.05) is 11.6 Å². The lowest BCUT2D eigenvalue weighted by molar-refractivity contribution is -0.385. The number of hydrogen-bond acceptors (Lipinski definition) is 6. The Kier molecular flexibility index (Phi) is 5.40. The van der Waals surface area contributed by atoms with Gasteiger partial charge in [0, 0.05) is 19.2 Å². The minimum absolute atomic E-state index is 0.194. The molecule has 2 aromatic rings. The molecule has 12 heteroatoms. The fraction of sp³-hybridized carbons (Fsp3) is 0.214. The highest BCUT2D eigenvalue weighted by molar-refractivity contribution is 6.32. The molecule has 2 rings (SSSR count). The molecule has 0 saturated carbocycles. The van der Waals surface area contributed by atoms with Crippen molar-refractivity contribution >= 4 is 23.3 Å². The molecule has 26 heavy (non-hydrogen) atoms. The van der Waals surface area contributed by atoms with Crippen LogP contribution in [-0.2, 0) is 18.0 Å². The lowest BCUT2D eigenvalue weighted by Crippen LogP contribution is -2.12. The summed E-state index contributed by atoms with van der Waals surface area (Å²) >= 11 is 5.66. The quantitative estimate of drug-likeness (QED) is 0.436. The van der Waals surface area contributed by atoms with Crippen molar-refractivity contribution in [1.82, 2.24) is 9.78 Å². The van der Waals surface area contributed by atoms with Crippen LogP contribution in [0.25, 0.3) is 0 Å². The van der Waals surface area contributed by atoms with E-state index in [1.54, 1.807) is 0 Å².